The highest BCUT2D eigenvalue weighted by Crippen LogP contribution is 2.24. The molecule has 0 bridgehead atoms. The van der Waals surface area contributed by atoms with Gasteiger partial charge in [-0.25, -0.2) is 4.98 Å². The lowest BCUT2D eigenvalue weighted by Crippen LogP contribution is -2.37. The minimum atomic E-state index is 0.569. The summed E-state index contributed by atoms with van der Waals surface area (Å²) in [5.41, 5.74) is 3.48. The Bertz CT molecular complexity index is 755. The zero-order valence-corrected chi connectivity index (χ0v) is 13.8. The van der Waals surface area contributed by atoms with E-state index in [9.17, 15) is 0 Å². The van der Waals surface area contributed by atoms with Crippen molar-refractivity contribution >= 4 is 16.6 Å². The van der Waals surface area contributed by atoms with Gasteiger partial charge in [-0.1, -0.05) is 0 Å². The number of rotatable bonds is 6. The molecule has 2 aromatic heterocycles. The van der Waals surface area contributed by atoms with Gasteiger partial charge in [-0.15, -0.1) is 0 Å². The topological polar surface area (TPSA) is 81.4 Å². The van der Waals surface area contributed by atoms with E-state index in [4.69, 9.17) is 0 Å². The number of benzene rings is 1. The van der Waals surface area contributed by atoms with Crippen LogP contribution >= 0.6 is 0 Å². The van der Waals surface area contributed by atoms with Crippen molar-refractivity contribution < 1.29 is 0 Å². The molecule has 0 amide bonds. The summed E-state index contributed by atoms with van der Waals surface area (Å²) in [7, 11) is 0. The summed E-state index contributed by atoms with van der Waals surface area (Å²) < 4.78 is 0. The third-order valence-corrected chi connectivity index (χ3v) is 4.92. The second-order valence-corrected chi connectivity index (χ2v) is 6.65. The summed E-state index contributed by atoms with van der Waals surface area (Å²) in [5, 5.41) is 15.6. The molecule has 1 aromatic carbocycles. The number of nitrogens with zero attached hydrogens (tertiary/aromatic N) is 2. The van der Waals surface area contributed by atoms with Crippen molar-refractivity contribution in [2.45, 2.75) is 44.2 Å². The van der Waals surface area contributed by atoms with Gasteiger partial charge in [0.1, 0.15) is 0 Å². The van der Waals surface area contributed by atoms with Crippen LogP contribution < -0.4 is 10.6 Å². The maximum atomic E-state index is 4.08. The molecule has 4 rings (SSSR count). The SMILES string of the molecule is c1ncc(CCNC2CCC(Nc3ccc4[nH]ncc4c3)CC2)[nH]1. The number of aromatic amines is 2. The van der Waals surface area contributed by atoms with Gasteiger partial charge < -0.3 is 15.6 Å². The Morgan fingerprint density at radius 3 is 2.79 bits per heavy atom. The van der Waals surface area contributed by atoms with Gasteiger partial charge in [0.15, 0.2) is 0 Å². The summed E-state index contributed by atoms with van der Waals surface area (Å²) in [6, 6.07) is 7.61. The van der Waals surface area contributed by atoms with Crippen LogP contribution in [0.15, 0.2) is 36.9 Å². The average molecular weight is 324 g/mol. The van der Waals surface area contributed by atoms with Crippen molar-refractivity contribution in [3.63, 3.8) is 0 Å². The van der Waals surface area contributed by atoms with Gasteiger partial charge in [0.05, 0.1) is 18.0 Å². The average Bonchev–Trinajstić information content (AvgIpc) is 3.27. The van der Waals surface area contributed by atoms with E-state index in [-0.39, 0.29) is 0 Å². The maximum absolute atomic E-state index is 4.08. The van der Waals surface area contributed by atoms with Gasteiger partial charge >= 0.3 is 0 Å². The van der Waals surface area contributed by atoms with E-state index in [1.54, 1.807) is 6.33 Å². The highest BCUT2D eigenvalue weighted by atomic mass is 15.1. The van der Waals surface area contributed by atoms with E-state index in [1.807, 2.05) is 12.4 Å². The number of hydrogen-bond acceptors (Lipinski definition) is 4. The smallest absolute Gasteiger partial charge is 0.0921 e. The Morgan fingerprint density at radius 2 is 1.96 bits per heavy atom. The molecule has 6 heteroatoms. The Balaban J connectivity index is 1.22. The molecule has 0 unspecified atom stereocenters. The first-order valence-corrected chi connectivity index (χ1v) is 8.77. The molecule has 3 aromatic rings. The summed E-state index contributed by atoms with van der Waals surface area (Å²) in [6.45, 7) is 1.02. The number of nitrogens with one attached hydrogen (secondary N) is 4. The predicted octanol–water partition coefficient (Wildman–Crippen LogP) is 2.84. The van der Waals surface area contributed by atoms with Crippen molar-refractivity contribution in [3.8, 4) is 0 Å². The van der Waals surface area contributed by atoms with Crippen LogP contribution in [-0.2, 0) is 6.42 Å². The summed E-state index contributed by atoms with van der Waals surface area (Å²) in [6.07, 6.45) is 11.4. The van der Waals surface area contributed by atoms with Gasteiger partial charge in [-0.3, -0.25) is 5.10 Å². The molecule has 0 saturated heterocycles. The van der Waals surface area contributed by atoms with E-state index in [0.717, 1.165) is 23.9 Å². The first-order valence-electron chi connectivity index (χ1n) is 8.77. The third kappa shape index (κ3) is 3.59. The van der Waals surface area contributed by atoms with E-state index >= 15 is 0 Å². The molecular formula is C18H24N6. The Kier molecular flexibility index (Phi) is 4.46. The first kappa shape index (κ1) is 15.2. The minimum Gasteiger partial charge on any atom is -0.382 e. The van der Waals surface area contributed by atoms with Crippen LogP contribution in [0, 0.1) is 0 Å². The Hall–Kier alpha value is -2.34. The summed E-state index contributed by atoms with van der Waals surface area (Å²) in [4.78, 5) is 7.21. The van der Waals surface area contributed by atoms with Crippen molar-refractivity contribution in [3.05, 3.63) is 42.6 Å². The maximum Gasteiger partial charge on any atom is 0.0921 e. The molecule has 0 spiro atoms. The van der Waals surface area contributed by atoms with Crippen LogP contribution in [0.1, 0.15) is 31.4 Å². The molecule has 1 fully saturated rings. The van der Waals surface area contributed by atoms with Gasteiger partial charge in [-0.05, 0) is 43.9 Å². The first-order chi connectivity index (χ1) is 11.9. The molecule has 0 atom stereocenters. The molecule has 2 heterocycles. The van der Waals surface area contributed by atoms with Gasteiger partial charge in [0.25, 0.3) is 0 Å². The molecule has 24 heavy (non-hydrogen) atoms. The van der Waals surface area contributed by atoms with Crippen LogP contribution in [0.2, 0.25) is 0 Å². The number of H-pyrrole nitrogens is 2. The van der Waals surface area contributed by atoms with Crippen LogP contribution in [-0.4, -0.2) is 38.8 Å². The van der Waals surface area contributed by atoms with Crippen LogP contribution in [0.3, 0.4) is 0 Å². The molecular weight excluding hydrogens is 300 g/mol. The molecule has 4 N–H and O–H groups in total. The zero-order valence-electron chi connectivity index (χ0n) is 13.8. The number of imidazole rings is 1. The molecule has 1 aliphatic rings. The van der Waals surface area contributed by atoms with Crippen LogP contribution in [0.4, 0.5) is 5.69 Å². The largest absolute Gasteiger partial charge is 0.382 e. The fraction of sp³-hybridized carbons (Fsp3) is 0.444. The highest BCUT2D eigenvalue weighted by molar-refractivity contribution is 5.81. The molecule has 1 aliphatic carbocycles. The third-order valence-electron chi connectivity index (χ3n) is 4.92. The highest BCUT2D eigenvalue weighted by Gasteiger charge is 2.20. The van der Waals surface area contributed by atoms with E-state index in [0.29, 0.717) is 12.1 Å². The molecule has 6 nitrogen and oxygen atoms in total. The second-order valence-electron chi connectivity index (χ2n) is 6.65. The standard InChI is InChI=1S/C18H24N6/c1-3-15(23-16-5-6-18-13(9-16)10-22-24-18)4-2-14(1)20-8-7-17-11-19-12-21-17/h5-6,9-12,14-15,20,23H,1-4,7-8H2,(H,19,21)(H,22,24). The Morgan fingerprint density at radius 1 is 1.08 bits per heavy atom. The molecule has 126 valence electrons. The number of aromatic nitrogens is 4. The quantitative estimate of drug-likeness (QED) is 0.562. The van der Waals surface area contributed by atoms with Crippen molar-refractivity contribution in [2.24, 2.45) is 0 Å². The normalized spacial score (nSPS) is 21.2. The van der Waals surface area contributed by atoms with Gasteiger partial charge in [-0.2, -0.15) is 5.10 Å². The van der Waals surface area contributed by atoms with Crippen molar-refractivity contribution in [1.82, 2.24) is 25.5 Å². The van der Waals surface area contributed by atoms with E-state index < -0.39 is 0 Å². The van der Waals surface area contributed by atoms with Crippen LogP contribution in [0.5, 0.6) is 0 Å². The lowest BCUT2D eigenvalue weighted by molar-refractivity contribution is 0.355. The lowest BCUT2D eigenvalue weighted by atomic mass is 9.91. The fourth-order valence-electron chi connectivity index (χ4n) is 3.54. The fourth-order valence-corrected chi connectivity index (χ4v) is 3.54. The number of fused-ring (bicyclic) bond motifs is 1. The lowest BCUT2D eigenvalue weighted by Gasteiger charge is -2.30. The molecule has 1 saturated carbocycles. The van der Waals surface area contributed by atoms with Gasteiger partial charge in [0.2, 0.25) is 0 Å². The zero-order chi connectivity index (χ0) is 16.2. The number of anilines is 1. The van der Waals surface area contributed by atoms with Crippen molar-refractivity contribution in [2.75, 3.05) is 11.9 Å². The predicted molar refractivity (Wildman–Crippen MR) is 96.1 cm³/mol. The summed E-state index contributed by atoms with van der Waals surface area (Å²) in [5.74, 6) is 0. The number of hydrogen-bond donors (Lipinski definition) is 4. The minimum absolute atomic E-state index is 0.569. The van der Waals surface area contributed by atoms with Crippen LogP contribution in [0.25, 0.3) is 10.9 Å². The Labute approximate surface area is 141 Å². The monoisotopic (exact) mass is 324 g/mol. The summed E-state index contributed by atoms with van der Waals surface area (Å²) >= 11 is 0. The van der Waals surface area contributed by atoms with Gasteiger partial charge in [0, 0.05) is 48.0 Å². The van der Waals surface area contributed by atoms with E-state index in [2.05, 4.69) is 49.0 Å². The second kappa shape index (κ2) is 7.05. The van der Waals surface area contributed by atoms with E-state index in [1.165, 1.54) is 37.1 Å². The van der Waals surface area contributed by atoms with Crippen molar-refractivity contribution in [1.29, 1.82) is 0 Å². The molecule has 0 radical (unpaired) electrons. The molecule has 0 aliphatic heterocycles.